The summed E-state index contributed by atoms with van der Waals surface area (Å²) in [6, 6.07) is 4.95. The number of pyridine rings is 1. The van der Waals surface area contributed by atoms with Crippen LogP contribution in [0.1, 0.15) is 6.92 Å². The number of nitro groups is 1. The third-order valence-corrected chi connectivity index (χ3v) is 3.90. The summed E-state index contributed by atoms with van der Waals surface area (Å²) in [4.78, 5) is 42.1. The summed E-state index contributed by atoms with van der Waals surface area (Å²) in [6.07, 6.45) is 1.45. The number of rotatable bonds is 2. The first-order chi connectivity index (χ1) is 11.0. The molecule has 1 amide bonds. The van der Waals surface area contributed by atoms with E-state index in [2.05, 4.69) is 4.98 Å². The van der Waals surface area contributed by atoms with E-state index in [9.17, 15) is 19.7 Å². The van der Waals surface area contributed by atoms with Crippen molar-refractivity contribution in [3.8, 4) is 0 Å². The molecule has 0 aliphatic carbocycles. The maximum Gasteiger partial charge on any atom is 0.376 e. The van der Waals surface area contributed by atoms with Crippen LogP contribution >= 0.6 is 0 Å². The van der Waals surface area contributed by atoms with Crippen LogP contribution in [0.2, 0.25) is 0 Å². The molecular weight excluding hydrogens is 302 g/mol. The Hall–Kier alpha value is -2.97. The van der Waals surface area contributed by atoms with Gasteiger partial charge in [0.1, 0.15) is 5.65 Å². The Morgan fingerprint density at radius 2 is 1.96 bits per heavy atom. The normalized spacial score (nSPS) is 15.0. The Labute approximate surface area is 130 Å². The number of fused-ring (bicyclic) bond motifs is 1. The summed E-state index contributed by atoms with van der Waals surface area (Å²) in [7, 11) is 0. The number of carbonyl (C=O) groups excluding carboxylic acids is 1. The molecule has 0 spiro atoms. The first kappa shape index (κ1) is 14.9. The van der Waals surface area contributed by atoms with E-state index in [4.69, 9.17) is 0 Å². The minimum Gasteiger partial charge on any atom is -0.347 e. The predicted molar refractivity (Wildman–Crippen MR) is 82.6 cm³/mol. The van der Waals surface area contributed by atoms with Crippen molar-refractivity contribution < 1.29 is 9.72 Å². The summed E-state index contributed by atoms with van der Waals surface area (Å²) < 4.78 is 1.16. The molecule has 23 heavy (non-hydrogen) atoms. The Morgan fingerprint density at radius 1 is 1.26 bits per heavy atom. The Kier molecular flexibility index (Phi) is 3.68. The second-order valence-electron chi connectivity index (χ2n) is 5.27. The maximum absolute atomic E-state index is 12.4. The lowest BCUT2D eigenvalue weighted by Crippen LogP contribution is -2.48. The molecule has 3 rings (SSSR count). The molecule has 0 saturated carbocycles. The van der Waals surface area contributed by atoms with Crippen molar-refractivity contribution in [1.82, 2.24) is 14.3 Å². The van der Waals surface area contributed by atoms with E-state index in [1.54, 1.807) is 28.0 Å². The molecular formula is C14H15N5O4. The molecule has 0 radical (unpaired) electrons. The number of hydrogen-bond acceptors (Lipinski definition) is 6. The molecule has 2 aromatic rings. The fraction of sp³-hybridized carbons (Fsp3) is 0.357. The number of piperazine rings is 1. The first-order valence-electron chi connectivity index (χ1n) is 7.15. The highest BCUT2D eigenvalue weighted by atomic mass is 16.6. The summed E-state index contributed by atoms with van der Waals surface area (Å²) >= 11 is 0. The first-order valence-corrected chi connectivity index (χ1v) is 7.15. The van der Waals surface area contributed by atoms with Gasteiger partial charge in [-0.1, -0.05) is 6.07 Å². The average Bonchev–Trinajstić information content (AvgIpc) is 2.54. The molecule has 0 bridgehead atoms. The number of amides is 1. The van der Waals surface area contributed by atoms with Gasteiger partial charge in [-0.2, -0.15) is 0 Å². The van der Waals surface area contributed by atoms with Crippen molar-refractivity contribution in [2.45, 2.75) is 6.92 Å². The molecule has 0 aromatic carbocycles. The lowest BCUT2D eigenvalue weighted by atomic mass is 10.3. The zero-order chi connectivity index (χ0) is 16.6. The molecule has 1 fully saturated rings. The predicted octanol–water partition coefficient (Wildman–Crippen LogP) is 0.271. The average molecular weight is 317 g/mol. The van der Waals surface area contributed by atoms with Crippen LogP contribution in [-0.4, -0.2) is 51.3 Å². The quantitative estimate of drug-likeness (QED) is 0.582. The standard InChI is InChI=1S/C14H15N5O4/c1-10(20)16-6-8-17(9-7-16)13-12(19(22)23)14(21)18-5-3-2-4-11(18)15-13/h2-5H,6-9H2,1H3. The molecule has 0 unspecified atom stereocenters. The molecule has 1 aliphatic rings. The maximum atomic E-state index is 12.4. The number of hydrogen-bond donors (Lipinski definition) is 0. The smallest absolute Gasteiger partial charge is 0.347 e. The van der Waals surface area contributed by atoms with Crippen LogP contribution in [0.4, 0.5) is 11.5 Å². The third-order valence-electron chi connectivity index (χ3n) is 3.90. The summed E-state index contributed by atoms with van der Waals surface area (Å²) in [5.74, 6) is 0.0279. The van der Waals surface area contributed by atoms with Crippen LogP contribution in [0.3, 0.4) is 0 Å². The van der Waals surface area contributed by atoms with Crippen molar-refractivity contribution in [1.29, 1.82) is 0 Å². The van der Waals surface area contributed by atoms with Gasteiger partial charge in [0, 0.05) is 39.3 Å². The number of aromatic nitrogens is 2. The lowest BCUT2D eigenvalue weighted by Gasteiger charge is -2.34. The van der Waals surface area contributed by atoms with Crippen molar-refractivity contribution >= 4 is 23.1 Å². The molecule has 120 valence electrons. The highest BCUT2D eigenvalue weighted by molar-refractivity contribution is 5.73. The zero-order valence-electron chi connectivity index (χ0n) is 12.5. The van der Waals surface area contributed by atoms with Gasteiger partial charge in [-0.3, -0.25) is 24.1 Å². The molecule has 3 heterocycles. The van der Waals surface area contributed by atoms with E-state index in [0.29, 0.717) is 31.8 Å². The minimum atomic E-state index is -0.704. The van der Waals surface area contributed by atoms with Gasteiger partial charge < -0.3 is 9.80 Å². The summed E-state index contributed by atoms with van der Waals surface area (Å²) in [5, 5.41) is 11.4. The van der Waals surface area contributed by atoms with Crippen molar-refractivity contribution in [2.24, 2.45) is 0 Å². The van der Waals surface area contributed by atoms with E-state index in [1.807, 2.05) is 0 Å². The van der Waals surface area contributed by atoms with Crippen molar-refractivity contribution in [3.05, 3.63) is 44.9 Å². The SMILES string of the molecule is CC(=O)N1CCN(c2nc3ccccn3c(=O)c2[N+](=O)[O-])CC1. The third kappa shape index (κ3) is 2.60. The molecule has 9 heteroatoms. The van der Waals surface area contributed by atoms with E-state index in [0.717, 1.165) is 4.40 Å². The zero-order valence-corrected chi connectivity index (χ0v) is 12.5. The van der Waals surface area contributed by atoms with E-state index < -0.39 is 16.2 Å². The van der Waals surface area contributed by atoms with Crippen molar-refractivity contribution in [3.63, 3.8) is 0 Å². The van der Waals surface area contributed by atoms with Gasteiger partial charge in [-0.15, -0.1) is 0 Å². The van der Waals surface area contributed by atoms with Gasteiger partial charge in [-0.05, 0) is 12.1 Å². The lowest BCUT2D eigenvalue weighted by molar-refractivity contribution is -0.385. The van der Waals surface area contributed by atoms with Crippen LogP contribution < -0.4 is 10.5 Å². The van der Waals surface area contributed by atoms with Crippen LogP contribution in [0.15, 0.2) is 29.2 Å². The fourth-order valence-electron chi connectivity index (χ4n) is 2.68. The van der Waals surface area contributed by atoms with Crippen LogP contribution in [0.5, 0.6) is 0 Å². The Bertz CT molecular complexity index is 839. The van der Waals surface area contributed by atoms with E-state index in [-0.39, 0.29) is 11.7 Å². The second kappa shape index (κ2) is 5.67. The van der Waals surface area contributed by atoms with E-state index in [1.165, 1.54) is 13.1 Å². The number of anilines is 1. The van der Waals surface area contributed by atoms with Crippen LogP contribution in [0, 0.1) is 10.1 Å². The fourth-order valence-corrected chi connectivity index (χ4v) is 2.68. The molecule has 9 nitrogen and oxygen atoms in total. The van der Waals surface area contributed by atoms with Gasteiger partial charge in [0.2, 0.25) is 11.7 Å². The molecule has 0 N–H and O–H groups in total. The molecule has 1 saturated heterocycles. The highest BCUT2D eigenvalue weighted by Crippen LogP contribution is 2.23. The molecule has 1 aliphatic heterocycles. The van der Waals surface area contributed by atoms with Gasteiger partial charge >= 0.3 is 11.2 Å². The summed E-state index contributed by atoms with van der Waals surface area (Å²) in [6.45, 7) is 3.18. The molecule has 0 atom stereocenters. The topological polar surface area (TPSA) is 101 Å². The highest BCUT2D eigenvalue weighted by Gasteiger charge is 2.30. The molecule has 2 aromatic heterocycles. The van der Waals surface area contributed by atoms with E-state index >= 15 is 0 Å². The number of nitrogens with zero attached hydrogens (tertiary/aromatic N) is 5. The number of carbonyl (C=O) groups is 1. The monoisotopic (exact) mass is 317 g/mol. The van der Waals surface area contributed by atoms with Crippen LogP contribution in [0.25, 0.3) is 5.65 Å². The summed E-state index contributed by atoms with van der Waals surface area (Å²) in [5.41, 5.74) is -0.887. The van der Waals surface area contributed by atoms with Crippen molar-refractivity contribution in [2.75, 3.05) is 31.1 Å². The Morgan fingerprint density at radius 3 is 2.57 bits per heavy atom. The second-order valence-corrected chi connectivity index (χ2v) is 5.27. The van der Waals surface area contributed by atoms with Gasteiger partial charge in [-0.25, -0.2) is 4.98 Å². The van der Waals surface area contributed by atoms with Gasteiger partial charge in [0.25, 0.3) is 0 Å². The van der Waals surface area contributed by atoms with Crippen LogP contribution in [-0.2, 0) is 4.79 Å². The van der Waals surface area contributed by atoms with Gasteiger partial charge in [0.05, 0.1) is 4.92 Å². The Balaban J connectivity index is 2.07. The minimum absolute atomic E-state index is 0.0364. The van der Waals surface area contributed by atoms with Gasteiger partial charge in [0.15, 0.2) is 0 Å². The largest absolute Gasteiger partial charge is 0.376 e.